The first-order valence-corrected chi connectivity index (χ1v) is 8.68. The van der Waals surface area contributed by atoms with Gasteiger partial charge in [0.15, 0.2) is 0 Å². The Morgan fingerprint density at radius 3 is 2.55 bits per heavy atom. The van der Waals surface area contributed by atoms with Crippen LogP contribution in [0.5, 0.6) is 0 Å². The smallest absolute Gasteiger partial charge is 0.223 e. The number of piperidine rings is 1. The molecule has 0 aromatic carbocycles. The largest absolute Gasteiger partial charge is 0.466 e. The molecule has 122 valence electrons. The minimum absolute atomic E-state index is 0.290. The van der Waals surface area contributed by atoms with Crippen molar-refractivity contribution in [1.82, 2.24) is 10.2 Å². The fourth-order valence-corrected chi connectivity index (χ4v) is 3.49. The Hall–Kier alpha value is -1.29. The zero-order valence-corrected chi connectivity index (χ0v) is 13.9. The van der Waals surface area contributed by atoms with Crippen molar-refractivity contribution in [3.05, 3.63) is 23.2 Å². The third-order valence-corrected chi connectivity index (χ3v) is 5.29. The number of amides is 1. The van der Waals surface area contributed by atoms with Crippen LogP contribution in [-0.2, 0) is 11.3 Å². The molecule has 4 nitrogen and oxygen atoms in total. The molecule has 1 aliphatic heterocycles. The van der Waals surface area contributed by atoms with Crippen LogP contribution in [0.15, 0.2) is 10.5 Å². The number of rotatable bonds is 5. The maximum Gasteiger partial charge on any atom is 0.223 e. The molecule has 4 heteroatoms. The van der Waals surface area contributed by atoms with E-state index in [-0.39, 0.29) is 5.91 Å². The van der Waals surface area contributed by atoms with E-state index in [9.17, 15) is 4.79 Å². The summed E-state index contributed by atoms with van der Waals surface area (Å²) in [5, 5.41) is 3.16. The number of furan rings is 1. The summed E-state index contributed by atoms with van der Waals surface area (Å²) in [6.45, 7) is 8.15. The highest BCUT2D eigenvalue weighted by Crippen LogP contribution is 2.26. The Balaban J connectivity index is 1.38. The van der Waals surface area contributed by atoms with E-state index in [1.54, 1.807) is 0 Å². The second-order valence-electron chi connectivity index (χ2n) is 7.03. The van der Waals surface area contributed by atoms with Crippen LogP contribution >= 0.6 is 0 Å². The molecule has 2 fully saturated rings. The van der Waals surface area contributed by atoms with Crippen molar-refractivity contribution in [3.8, 4) is 0 Å². The topological polar surface area (TPSA) is 45.5 Å². The van der Waals surface area contributed by atoms with Crippen LogP contribution in [0.4, 0.5) is 0 Å². The lowest BCUT2D eigenvalue weighted by atomic mass is 9.84. The highest BCUT2D eigenvalue weighted by molar-refractivity contribution is 5.79. The molecule has 22 heavy (non-hydrogen) atoms. The zero-order valence-electron chi connectivity index (χ0n) is 13.9. The van der Waals surface area contributed by atoms with E-state index in [0.29, 0.717) is 11.8 Å². The molecule has 0 spiro atoms. The number of nitrogens with zero attached hydrogens (tertiary/aromatic N) is 1. The molecule has 1 saturated carbocycles. The normalized spacial score (nSPS) is 20.8. The molecule has 1 saturated heterocycles. The first-order chi connectivity index (χ1) is 10.6. The molecule has 0 unspecified atom stereocenters. The molecule has 1 aliphatic carbocycles. The zero-order chi connectivity index (χ0) is 15.5. The maximum absolute atomic E-state index is 11.9. The average molecular weight is 304 g/mol. The third-order valence-electron chi connectivity index (χ3n) is 5.29. The predicted octanol–water partition coefficient (Wildman–Crippen LogP) is 3.02. The van der Waals surface area contributed by atoms with Crippen molar-refractivity contribution >= 4 is 5.91 Å². The lowest BCUT2D eigenvalue weighted by Crippen LogP contribution is -2.41. The number of nitrogens with one attached hydrogen (secondary N) is 1. The summed E-state index contributed by atoms with van der Waals surface area (Å²) in [6, 6.07) is 2.15. The predicted molar refractivity (Wildman–Crippen MR) is 86.5 cm³/mol. The van der Waals surface area contributed by atoms with Gasteiger partial charge in [-0.1, -0.05) is 6.42 Å². The highest BCUT2D eigenvalue weighted by Gasteiger charge is 2.26. The van der Waals surface area contributed by atoms with Crippen molar-refractivity contribution in [1.29, 1.82) is 0 Å². The molecule has 0 radical (unpaired) electrons. The molecule has 0 atom stereocenters. The van der Waals surface area contributed by atoms with Crippen LogP contribution in [0.25, 0.3) is 0 Å². The molecular formula is C18H28N2O2. The first kappa shape index (κ1) is 15.6. The van der Waals surface area contributed by atoms with Gasteiger partial charge in [-0.3, -0.25) is 9.69 Å². The Bertz CT molecular complexity index is 511. The van der Waals surface area contributed by atoms with Crippen molar-refractivity contribution in [2.45, 2.75) is 52.5 Å². The first-order valence-electron chi connectivity index (χ1n) is 8.68. The van der Waals surface area contributed by atoms with Crippen molar-refractivity contribution in [2.24, 2.45) is 11.8 Å². The molecule has 0 bridgehead atoms. The lowest BCUT2D eigenvalue weighted by molar-refractivity contribution is -0.127. The van der Waals surface area contributed by atoms with E-state index >= 15 is 0 Å². The Morgan fingerprint density at radius 2 is 2.00 bits per heavy atom. The summed E-state index contributed by atoms with van der Waals surface area (Å²) in [5.41, 5.74) is 1.31. The van der Waals surface area contributed by atoms with E-state index in [1.165, 1.54) is 24.8 Å². The van der Waals surface area contributed by atoms with Gasteiger partial charge in [-0.05, 0) is 64.6 Å². The molecule has 1 aromatic rings. The second kappa shape index (κ2) is 6.86. The second-order valence-corrected chi connectivity index (χ2v) is 7.03. The van der Waals surface area contributed by atoms with E-state index in [2.05, 4.69) is 16.3 Å². The standard InChI is InChI=1S/C18H28N2O2/c1-13-10-17(14(2)22-13)12-20-8-6-15(7-9-20)11-19-18(21)16-4-3-5-16/h10,15-16H,3-9,11-12H2,1-2H3,(H,19,21). The molecule has 1 N–H and O–H groups in total. The van der Waals surface area contributed by atoms with Gasteiger partial charge in [0.2, 0.25) is 5.91 Å². The van der Waals surface area contributed by atoms with Gasteiger partial charge < -0.3 is 9.73 Å². The van der Waals surface area contributed by atoms with Crippen molar-refractivity contribution in [3.63, 3.8) is 0 Å². The fourth-order valence-electron chi connectivity index (χ4n) is 3.49. The van der Waals surface area contributed by atoms with Gasteiger partial charge in [-0.2, -0.15) is 0 Å². The summed E-state index contributed by atoms with van der Waals surface area (Å²) >= 11 is 0. The molecule has 2 aliphatic rings. The highest BCUT2D eigenvalue weighted by atomic mass is 16.3. The van der Waals surface area contributed by atoms with Crippen LogP contribution in [0, 0.1) is 25.7 Å². The van der Waals surface area contributed by atoms with E-state index in [1.807, 2.05) is 13.8 Å². The van der Waals surface area contributed by atoms with Gasteiger partial charge in [-0.25, -0.2) is 0 Å². The van der Waals surface area contributed by atoms with Gasteiger partial charge in [0.1, 0.15) is 11.5 Å². The summed E-state index contributed by atoms with van der Waals surface area (Å²) in [6.07, 6.45) is 5.77. The van der Waals surface area contributed by atoms with Crippen LogP contribution in [0.2, 0.25) is 0 Å². The summed E-state index contributed by atoms with van der Waals surface area (Å²) in [4.78, 5) is 14.4. The monoisotopic (exact) mass is 304 g/mol. The minimum Gasteiger partial charge on any atom is -0.466 e. The van der Waals surface area contributed by atoms with Crippen molar-refractivity contribution < 1.29 is 9.21 Å². The van der Waals surface area contributed by atoms with Gasteiger partial charge in [0, 0.05) is 24.6 Å². The summed E-state index contributed by atoms with van der Waals surface area (Å²) in [5.74, 6) is 3.30. The summed E-state index contributed by atoms with van der Waals surface area (Å²) in [7, 11) is 0. The molecule has 3 rings (SSSR count). The Morgan fingerprint density at radius 1 is 1.27 bits per heavy atom. The van der Waals surface area contributed by atoms with Crippen LogP contribution in [0.3, 0.4) is 0 Å². The quantitative estimate of drug-likeness (QED) is 0.909. The minimum atomic E-state index is 0.290. The molecule has 1 aromatic heterocycles. The van der Waals surface area contributed by atoms with Crippen LogP contribution < -0.4 is 5.32 Å². The number of hydrogen-bond acceptors (Lipinski definition) is 3. The van der Waals surface area contributed by atoms with E-state index in [4.69, 9.17) is 4.42 Å². The van der Waals surface area contributed by atoms with E-state index < -0.39 is 0 Å². The van der Waals surface area contributed by atoms with E-state index in [0.717, 1.165) is 50.5 Å². The van der Waals surface area contributed by atoms with Gasteiger partial charge in [0.05, 0.1) is 0 Å². The lowest BCUT2D eigenvalue weighted by Gasteiger charge is -2.32. The van der Waals surface area contributed by atoms with Gasteiger partial charge in [0.25, 0.3) is 0 Å². The van der Waals surface area contributed by atoms with Crippen molar-refractivity contribution in [2.75, 3.05) is 19.6 Å². The van der Waals surface area contributed by atoms with Gasteiger partial charge in [-0.15, -0.1) is 0 Å². The Labute approximate surface area is 133 Å². The van der Waals surface area contributed by atoms with Crippen LogP contribution in [0.1, 0.15) is 49.2 Å². The molecular weight excluding hydrogens is 276 g/mol. The average Bonchev–Trinajstić information content (AvgIpc) is 2.74. The third kappa shape index (κ3) is 3.72. The summed E-state index contributed by atoms with van der Waals surface area (Å²) < 4.78 is 5.61. The van der Waals surface area contributed by atoms with Gasteiger partial charge >= 0.3 is 0 Å². The number of carbonyl (C=O) groups is 1. The Kier molecular flexibility index (Phi) is 4.87. The fraction of sp³-hybridized carbons (Fsp3) is 0.722. The number of hydrogen-bond donors (Lipinski definition) is 1. The SMILES string of the molecule is Cc1cc(CN2CCC(CNC(=O)C3CCC3)CC2)c(C)o1. The number of aryl methyl sites for hydroxylation is 2. The number of carbonyl (C=O) groups excluding carboxylic acids is 1. The molecule has 2 heterocycles. The maximum atomic E-state index is 11.9. The van der Waals surface area contributed by atoms with Crippen LogP contribution in [-0.4, -0.2) is 30.4 Å². The molecule has 1 amide bonds. The number of likely N-dealkylation sites (tertiary alicyclic amines) is 1.